The minimum atomic E-state index is -0.449. The van der Waals surface area contributed by atoms with Crippen molar-refractivity contribution in [1.29, 1.82) is 0 Å². The minimum absolute atomic E-state index is 0. The third-order valence-corrected chi connectivity index (χ3v) is 4.37. The molecule has 4 atom stereocenters. The molecule has 0 aliphatic carbocycles. The van der Waals surface area contributed by atoms with E-state index >= 15 is 0 Å². The number of ether oxygens (including phenoxy) is 2. The van der Waals surface area contributed by atoms with Crippen LogP contribution in [0.3, 0.4) is 0 Å². The van der Waals surface area contributed by atoms with Gasteiger partial charge in [-0.2, -0.15) is 0 Å². The fourth-order valence-corrected chi connectivity index (χ4v) is 3.08. The smallest absolute Gasteiger partial charge is 0.119 e. The SMILES string of the molecule is C=CC1(CC)OC(CC)C(CC)OC1(C=C)CC.[Pt]. The number of hydrogen-bond donors (Lipinski definition) is 0. The van der Waals surface area contributed by atoms with E-state index in [1.165, 1.54) is 0 Å². The molecular formula is C16H28O2Pt. The Kier molecular flexibility index (Phi) is 7.80. The molecule has 4 unspecified atom stereocenters. The summed E-state index contributed by atoms with van der Waals surface area (Å²) in [5, 5.41) is 0. The van der Waals surface area contributed by atoms with Crippen molar-refractivity contribution in [3.63, 3.8) is 0 Å². The van der Waals surface area contributed by atoms with Gasteiger partial charge in [0.15, 0.2) is 0 Å². The van der Waals surface area contributed by atoms with E-state index < -0.39 is 11.2 Å². The van der Waals surface area contributed by atoms with Crippen molar-refractivity contribution in [3.8, 4) is 0 Å². The Morgan fingerprint density at radius 3 is 1.32 bits per heavy atom. The summed E-state index contributed by atoms with van der Waals surface area (Å²) in [6, 6.07) is 0. The molecule has 1 aliphatic heterocycles. The van der Waals surface area contributed by atoms with Crippen molar-refractivity contribution in [2.24, 2.45) is 0 Å². The molecule has 0 N–H and O–H groups in total. The quantitative estimate of drug-likeness (QED) is 0.567. The summed E-state index contributed by atoms with van der Waals surface area (Å²) in [5.74, 6) is 0. The minimum Gasteiger partial charge on any atom is -0.362 e. The first-order valence-electron chi connectivity index (χ1n) is 7.21. The predicted molar refractivity (Wildman–Crippen MR) is 76.8 cm³/mol. The molecule has 0 radical (unpaired) electrons. The van der Waals surface area contributed by atoms with Gasteiger partial charge in [-0.3, -0.25) is 0 Å². The molecule has 0 bridgehead atoms. The van der Waals surface area contributed by atoms with Gasteiger partial charge in [0, 0.05) is 21.1 Å². The molecule has 1 saturated heterocycles. The van der Waals surface area contributed by atoms with E-state index in [-0.39, 0.29) is 33.3 Å². The molecule has 19 heavy (non-hydrogen) atoms. The zero-order valence-electron chi connectivity index (χ0n) is 12.7. The first kappa shape index (κ1) is 19.1. The van der Waals surface area contributed by atoms with Crippen LogP contribution in [0.25, 0.3) is 0 Å². The third kappa shape index (κ3) is 3.06. The molecule has 114 valence electrons. The average Bonchev–Trinajstić information content (AvgIpc) is 2.45. The third-order valence-electron chi connectivity index (χ3n) is 4.37. The van der Waals surface area contributed by atoms with E-state index in [1.807, 2.05) is 12.2 Å². The molecule has 0 aromatic rings. The van der Waals surface area contributed by atoms with Crippen LogP contribution >= 0.6 is 0 Å². The predicted octanol–water partition coefficient (Wildman–Crippen LogP) is 4.26. The molecule has 1 rings (SSSR count). The topological polar surface area (TPSA) is 18.5 Å². The Morgan fingerprint density at radius 2 is 1.16 bits per heavy atom. The zero-order chi connectivity index (χ0) is 13.8. The zero-order valence-corrected chi connectivity index (χ0v) is 15.0. The van der Waals surface area contributed by atoms with Crippen molar-refractivity contribution in [3.05, 3.63) is 25.3 Å². The fraction of sp³-hybridized carbons (Fsp3) is 0.750. The Hall–Kier alpha value is 0.0883. The van der Waals surface area contributed by atoms with Gasteiger partial charge in [-0.25, -0.2) is 0 Å². The second-order valence-electron chi connectivity index (χ2n) is 5.02. The normalized spacial score (nSPS) is 38.3. The number of hydrogen-bond acceptors (Lipinski definition) is 2. The second kappa shape index (κ2) is 7.76. The summed E-state index contributed by atoms with van der Waals surface area (Å²) in [6.45, 7) is 16.5. The van der Waals surface area contributed by atoms with Gasteiger partial charge < -0.3 is 9.47 Å². The van der Waals surface area contributed by atoms with Crippen molar-refractivity contribution >= 4 is 0 Å². The van der Waals surface area contributed by atoms with Crippen LogP contribution in [0.2, 0.25) is 0 Å². The van der Waals surface area contributed by atoms with E-state index in [0.717, 1.165) is 25.7 Å². The van der Waals surface area contributed by atoms with E-state index in [4.69, 9.17) is 9.47 Å². The molecule has 1 heterocycles. The van der Waals surface area contributed by atoms with Crippen LogP contribution in [0.1, 0.15) is 53.4 Å². The van der Waals surface area contributed by atoms with Gasteiger partial charge in [0.25, 0.3) is 0 Å². The molecule has 3 heteroatoms. The molecular weight excluding hydrogens is 419 g/mol. The Morgan fingerprint density at radius 1 is 0.842 bits per heavy atom. The molecule has 0 spiro atoms. The molecule has 0 aromatic carbocycles. The summed E-state index contributed by atoms with van der Waals surface area (Å²) in [4.78, 5) is 0. The van der Waals surface area contributed by atoms with Crippen LogP contribution in [0.15, 0.2) is 25.3 Å². The van der Waals surface area contributed by atoms with Gasteiger partial charge in [-0.15, -0.1) is 13.2 Å². The first-order chi connectivity index (χ1) is 8.58. The van der Waals surface area contributed by atoms with Crippen molar-refractivity contribution < 1.29 is 30.5 Å². The average molecular weight is 447 g/mol. The summed E-state index contributed by atoms with van der Waals surface area (Å²) in [5.41, 5.74) is -0.897. The molecule has 0 saturated carbocycles. The van der Waals surface area contributed by atoms with Crippen LogP contribution < -0.4 is 0 Å². The van der Waals surface area contributed by atoms with Gasteiger partial charge in [0.05, 0.1) is 12.2 Å². The summed E-state index contributed by atoms with van der Waals surface area (Å²) in [7, 11) is 0. The maximum Gasteiger partial charge on any atom is 0.119 e. The Bertz CT molecular complexity index is 275. The summed E-state index contributed by atoms with van der Waals surface area (Å²) in [6.07, 6.45) is 7.74. The van der Waals surface area contributed by atoms with Gasteiger partial charge in [-0.05, 0) is 25.7 Å². The Labute approximate surface area is 132 Å². The maximum absolute atomic E-state index is 6.41. The maximum atomic E-state index is 6.41. The number of rotatable bonds is 6. The largest absolute Gasteiger partial charge is 0.362 e. The monoisotopic (exact) mass is 447 g/mol. The van der Waals surface area contributed by atoms with Gasteiger partial charge >= 0.3 is 0 Å². The molecule has 2 nitrogen and oxygen atoms in total. The van der Waals surface area contributed by atoms with E-state index in [0.29, 0.717) is 0 Å². The molecule has 0 amide bonds. The standard InChI is InChI=1S/C16H28O2.Pt/c1-7-13-14(8-2)18-16(11-5,12-6)15(9-3,10-4)17-13;/h9,11,13-14H,3,5,7-8,10,12H2,1-2,4,6H3;. The second-order valence-corrected chi connectivity index (χ2v) is 5.02. The van der Waals surface area contributed by atoms with Gasteiger partial charge in [-0.1, -0.05) is 39.8 Å². The Balaban J connectivity index is 0.00000324. The molecule has 1 fully saturated rings. The van der Waals surface area contributed by atoms with Crippen LogP contribution in [0, 0.1) is 0 Å². The van der Waals surface area contributed by atoms with Crippen LogP contribution in [0.5, 0.6) is 0 Å². The first-order valence-corrected chi connectivity index (χ1v) is 7.21. The van der Waals surface area contributed by atoms with E-state index in [1.54, 1.807) is 0 Å². The van der Waals surface area contributed by atoms with Crippen LogP contribution in [-0.4, -0.2) is 23.4 Å². The van der Waals surface area contributed by atoms with Crippen molar-refractivity contribution in [1.82, 2.24) is 0 Å². The van der Waals surface area contributed by atoms with Gasteiger partial charge in [0.2, 0.25) is 0 Å². The fourth-order valence-electron chi connectivity index (χ4n) is 3.08. The van der Waals surface area contributed by atoms with Crippen LogP contribution in [-0.2, 0) is 30.5 Å². The van der Waals surface area contributed by atoms with Crippen LogP contribution in [0.4, 0.5) is 0 Å². The van der Waals surface area contributed by atoms with E-state index in [2.05, 4.69) is 40.9 Å². The summed E-state index contributed by atoms with van der Waals surface area (Å²) < 4.78 is 12.8. The van der Waals surface area contributed by atoms with Crippen molar-refractivity contribution in [2.45, 2.75) is 76.8 Å². The molecule has 1 aliphatic rings. The van der Waals surface area contributed by atoms with Gasteiger partial charge in [0.1, 0.15) is 11.2 Å². The summed E-state index contributed by atoms with van der Waals surface area (Å²) >= 11 is 0. The van der Waals surface area contributed by atoms with E-state index in [9.17, 15) is 0 Å². The molecule has 0 aromatic heterocycles. The van der Waals surface area contributed by atoms with Crippen molar-refractivity contribution in [2.75, 3.05) is 0 Å².